The predicted molar refractivity (Wildman–Crippen MR) is 88.0 cm³/mol. The molecule has 3 heterocycles. The van der Waals surface area contributed by atoms with Crippen molar-refractivity contribution in [3.8, 4) is 16.9 Å². The van der Waals surface area contributed by atoms with Crippen LogP contribution >= 0.6 is 0 Å². The quantitative estimate of drug-likeness (QED) is 0.937. The van der Waals surface area contributed by atoms with Crippen molar-refractivity contribution in [2.45, 2.75) is 50.8 Å². The first-order valence-corrected chi connectivity index (χ1v) is 8.22. The highest BCUT2D eigenvalue weighted by atomic mass is 16.5. The number of piperidine rings is 1. The highest BCUT2D eigenvalue weighted by Gasteiger charge is 2.34. The third-order valence-electron chi connectivity index (χ3n) is 4.93. The molecule has 0 amide bonds. The van der Waals surface area contributed by atoms with Gasteiger partial charge < -0.3 is 10.1 Å². The Morgan fingerprint density at radius 2 is 1.77 bits per heavy atom. The molecule has 1 aromatic carbocycles. The van der Waals surface area contributed by atoms with Gasteiger partial charge in [0.15, 0.2) is 0 Å². The first-order valence-electron chi connectivity index (χ1n) is 8.22. The van der Waals surface area contributed by atoms with E-state index in [-0.39, 0.29) is 0 Å². The second-order valence-corrected chi connectivity index (χ2v) is 6.56. The van der Waals surface area contributed by atoms with Crippen molar-refractivity contribution in [2.75, 3.05) is 0 Å². The number of aromatic nitrogens is 1. The van der Waals surface area contributed by atoms with E-state index >= 15 is 0 Å². The van der Waals surface area contributed by atoms with Gasteiger partial charge in [-0.1, -0.05) is 6.07 Å². The third kappa shape index (κ3) is 2.73. The van der Waals surface area contributed by atoms with E-state index < -0.39 is 0 Å². The van der Waals surface area contributed by atoms with Crippen molar-refractivity contribution < 1.29 is 4.74 Å². The normalized spacial score (nSPS) is 26.9. The maximum absolute atomic E-state index is 6.30. The average Bonchev–Trinajstić information content (AvgIpc) is 2.89. The molecule has 2 saturated heterocycles. The van der Waals surface area contributed by atoms with E-state index in [1.165, 1.54) is 29.5 Å². The van der Waals surface area contributed by atoms with E-state index in [9.17, 15) is 0 Å². The minimum absolute atomic E-state index is 0.353. The molecule has 22 heavy (non-hydrogen) atoms. The van der Waals surface area contributed by atoms with Gasteiger partial charge in [-0.2, -0.15) is 0 Å². The zero-order valence-electron chi connectivity index (χ0n) is 13.0. The molecule has 0 radical (unpaired) electrons. The van der Waals surface area contributed by atoms with Crippen molar-refractivity contribution in [2.24, 2.45) is 0 Å². The minimum Gasteiger partial charge on any atom is -0.490 e. The molecule has 2 aliphatic heterocycles. The Kier molecular flexibility index (Phi) is 3.59. The second kappa shape index (κ2) is 5.73. The molecule has 0 spiro atoms. The van der Waals surface area contributed by atoms with Gasteiger partial charge in [0, 0.05) is 24.5 Å². The highest BCUT2D eigenvalue weighted by Crippen LogP contribution is 2.32. The fraction of sp³-hybridized carbons (Fsp3) is 0.421. The zero-order valence-corrected chi connectivity index (χ0v) is 13.0. The van der Waals surface area contributed by atoms with Crippen molar-refractivity contribution in [3.63, 3.8) is 0 Å². The van der Waals surface area contributed by atoms with Gasteiger partial charge >= 0.3 is 0 Å². The minimum atomic E-state index is 0.353. The van der Waals surface area contributed by atoms with Crippen LogP contribution in [0.1, 0.15) is 31.2 Å². The Balaban J connectivity index is 1.55. The Labute approximate surface area is 131 Å². The van der Waals surface area contributed by atoms with Crippen LogP contribution in [0.3, 0.4) is 0 Å². The molecule has 2 aromatic rings. The van der Waals surface area contributed by atoms with Crippen LogP contribution in [0.25, 0.3) is 11.1 Å². The molecule has 1 N–H and O–H groups in total. The molecule has 3 nitrogen and oxygen atoms in total. The van der Waals surface area contributed by atoms with E-state index in [1.807, 2.05) is 12.4 Å². The molecule has 2 bridgehead atoms. The number of fused-ring (bicyclic) bond motifs is 2. The number of hydrogen-bond acceptors (Lipinski definition) is 3. The van der Waals surface area contributed by atoms with Crippen molar-refractivity contribution in [1.82, 2.24) is 10.3 Å². The first kappa shape index (κ1) is 13.8. The van der Waals surface area contributed by atoms with Crippen molar-refractivity contribution in [3.05, 3.63) is 48.3 Å². The molecular weight excluding hydrogens is 272 g/mol. The maximum Gasteiger partial charge on any atom is 0.120 e. The van der Waals surface area contributed by atoms with Gasteiger partial charge in [-0.05, 0) is 73.6 Å². The SMILES string of the molecule is Cc1ccc(OC2C[C@H]3CC[C@@H](C2)N3)cc1-c1ccncc1. The van der Waals surface area contributed by atoms with Crippen LogP contribution in [0, 0.1) is 6.92 Å². The predicted octanol–water partition coefficient (Wildman–Crippen LogP) is 3.72. The summed E-state index contributed by atoms with van der Waals surface area (Å²) in [6.45, 7) is 2.14. The molecule has 114 valence electrons. The molecule has 3 atom stereocenters. The Bertz CT molecular complexity index is 644. The van der Waals surface area contributed by atoms with Gasteiger partial charge in [-0.3, -0.25) is 4.98 Å². The smallest absolute Gasteiger partial charge is 0.120 e. The van der Waals surface area contributed by atoms with E-state index in [2.05, 4.69) is 47.6 Å². The number of benzene rings is 1. The van der Waals surface area contributed by atoms with Crippen LogP contribution in [0.15, 0.2) is 42.7 Å². The number of aryl methyl sites for hydroxylation is 1. The lowest BCUT2D eigenvalue weighted by Gasteiger charge is -2.29. The lowest BCUT2D eigenvalue weighted by molar-refractivity contribution is 0.137. The summed E-state index contributed by atoms with van der Waals surface area (Å²) in [5.41, 5.74) is 3.70. The molecule has 0 saturated carbocycles. The molecule has 0 aliphatic carbocycles. The monoisotopic (exact) mass is 294 g/mol. The summed E-state index contributed by atoms with van der Waals surface area (Å²) >= 11 is 0. The fourth-order valence-electron chi connectivity index (χ4n) is 3.81. The van der Waals surface area contributed by atoms with Crippen LogP contribution in [-0.2, 0) is 0 Å². The summed E-state index contributed by atoms with van der Waals surface area (Å²) in [5.74, 6) is 0.990. The molecule has 1 unspecified atom stereocenters. The Morgan fingerprint density at radius 3 is 2.50 bits per heavy atom. The zero-order chi connectivity index (χ0) is 14.9. The first-order chi connectivity index (χ1) is 10.8. The standard InChI is InChI=1S/C19H22N2O/c1-13-2-5-17(12-19(13)14-6-8-20-9-7-14)22-18-10-15-3-4-16(11-18)21-15/h2,5-9,12,15-16,18,21H,3-4,10-11H2,1H3/t15-,16+,18?. The third-order valence-corrected chi connectivity index (χ3v) is 4.93. The van der Waals surface area contributed by atoms with Gasteiger partial charge in [-0.15, -0.1) is 0 Å². The van der Waals surface area contributed by atoms with Crippen LogP contribution < -0.4 is 10.1 Å². The Morgan fingerprint density at radius 1 is 1.05 bits per heavy atom. The van der Waals surface area contributed by atoms with Crippen LogP contribution in [0.2, 0.25) is 0 Å². The van der Waals surface area contributed by atoms with Crippen LogP contribution in [0.5, 0.6) is 5.75 Å². The molecule has 2 aliphatic rings. The van der Waals surface area contributed by atoms with Gasteiger partial charge in [-0.25, -0.2) is 0 Å². The summed E-state index contributed by atoms with van der Waals surface area (Å²) in [6.07, 6.45) is 8.91. The summed E-state index contributed by atoms with van der Waals surface area (Å²) in [6, 6.07) is 11.9. The van der Waals surface area contributed by atoms with Gasteiger partial charge in [0.1, 0.15) is 11.9 Å². The largest absolute Gasteiger partial charge is 0.490 e. The van der Waals surface area contributed by atoms with E-state index in [0.29, 0.717) is 18.2 Å². The number of nitrogens with one attached hydrogen (secondary N) is 1. The topological polar surface area (TPSA) is 34.1 Å². The second-order valence-electron chi connectivity index (χ2n) is 6.56. The van der Waals surface area contributed by atoms with Gasteiger partial charge in [0.05, 0.1) is 0 Å². The number of hydrogen-bond donors (Lipinski definition) is 1. The lowest BCUT2D eigenvalue weighted by atomic mass is 10.0. The molecule has 2 fully saturated rings. The number of pyridine rings is 1. The summed E-state index contributed by atoms with van der Waals surface area (Å²) in [5, 5.41) is 3.67. The number of ether oxygens (including phenoxy) is 1. The van der Waals surface area contributed by atoms with E-state index in [1.54, 1.807) is 0 Å². The molecule has 1 aromatic heterocycles. The average molecular weight is 294 g/mol. The fourth-order valence-corrected chi connectivity index (χ4v) is 3.81. The number of rotatable bonds is 3. The van der Waals surface area contributed by atoms with Crippen LogP contribution in [-0.4, -0.2) is 23.2 Å². The Hall–Kier alpha value is -1.87. The van der Waals surface area contributed by atoms with Crippen molar-refractivity contribution in [1.29, 1.82) is 0 Å². The van der Waals surface area contributed by atoms with E-state index in [0.717, 1.165) is 18.6 Å². The summed E-state index contributed by atoms with van der Waals surface area (Å²) < 4.78 is 6.30. The van der Waals surface area contributed by atoms with Crippen molar-refractivity contribution >= 4 is 0 Å². The molecule has 3 heteroatoms. The highest BCUT2D eigenvalue weighted by molar-refractivity contribution is 5.68. The lowest BCUT2D eigenvalue weighted by Crippen LogP contribution is -2.42. The van der Waals surface area contributed by atoms with Gasteiger partial charge in [0.25, 0.3) is 0 Å². The van der Waals surface area contributed by atoms with Gasteiger partial charge in [0.2, 0.25) is 0 Å². The van der Waals surface area contributed by atoms with Crippen LogP contribution in [0.4, 0.5) is 0 Å². The summed E-state index contributed by atoms with van der Waals surface area (Å²) in [7, 11) is 0. The maximum atomic E-state index is 6.30. The molecular formula is C19H22N2O. The molecule has 4 rings (SSSR count). The van der Waals surface area contributed by atoms with E-state index in [4.69, 9.17) is 4.74 Å². The summed E-state index contributed by atoms with van der Waals surface area (Å²) in [4.78, 5) is 4.10. The number of nitrogens with zero attached hydrogens (tertiary/aromatic N) is 1.